The predicted octanol–water partition coefficient (Wildman–Crippen LogP) is 1.52. The number of carbonyl (C=O) groups excluding carboxylic acids is 1. The Morgan fingerprint density at radius 3 is 2.00 bits per heavy atom. The Bertz CT molecular complexity index is 498. The molecule has 0 amide bonds. The topological polar surface area (TPSA) is 158 Å². The molecular weight excluding hydrogens is 348 g/mol. The zero-order chi connectivity index (χ0) is 20.3. The van der Waals surface area contributed by atoms with Crippen molar-refractivity contribution in [1.82, 2.24) is 0 Å². The van der Waals surface area contributed by atoms with Gasteiger partial charge in [0.2, 0.25) is 0 Å². The summed E-state index contributed by atoms with van der Waals surface area (Å²) in [5, 5.41) is 37.5. The summed E-state index contributed by atoms with van der Waals surface area (Å²) < 4.78 is 4.89. The molecule has 4 N–H and O–H groups in total. The molecule has 0 aromatic rings. The summed E-state index contributed by atoms with van der Waals surface area (Å²) >= 11 is 0. The van der Waals surface area contributed by atoms with Crippen molar-refractivity contribution < 1.29 is 44.3 Å². The minimum absolute atomic E-state index is 0.106. The van der Waals surface area contributed by atoms with Crippen LogP contribution in [0, 0.1) is 11.8 Å². The summed E-state index contributed by atoms with van der Waals surface area (Å²) in [5.41, 5.74) is -2.23. The van der Waals surface area contributed by atoms with Gasteiger partial charge in [-0.05, 0) is 13.3 Å². The molecule has 0 aliphatic carbocycles. The second kappa shape index (κ2) is 11.5. The zero-order valence-corrected chi connectivity index (χ0v) is 15.1. The van der Waals surface area contributed by atoms with E-state index in [1.54, 1.807) is 0 Å². The van der Waals surface area contributed by atoms with Gasteiger partial charge in [0, 0.05) is 6.42 Å². The normalized spacial score (nSPS) is 15.5. The summed E-state index contributed by atoms with van der Waals surface area (Å²) in [6, 6.07) is 0. The number of hydrogen-bond donors (Lipinski definition) is 4. The third-order valence-electron chi connectivity index (χ3n) is 4.06. The fourth-order valence-corrected chi connectivity index (χ4v) is 2.67. The Labute approximate surface area is 152 Å². The number of carboxylic acids is 3. The molecule has 0 saturated heterocycles. The molecule has 150 valence electrons. The van der Waals surface area contributed by atoms with E-state index in [-0.39, 0.29) is 6.42 Å². The second-order valence-corrected chi connectivity index (χ2v) is 6.54. The first-order chi connectivity index (χ1) is 12.0. The molecule has 0 bridgehead atoms. The minimum atomic E-state index is -2.23. The lowest BCUT2D eigenvalue weighted by Gasteiger charge is -2.32. The number of hydrogen-bond acceptors (Lipinski definition) is 6. The molecule has 0 radical (unpaired) electrons. The van der Waals surface area contributed by atoms with Crippen LogP contribution < -0.4 is 0 Å². The van der Waals surface area contributed by atoms with E-state index in [9.17, 15) is 29.4 Å². The molecule has 3 atom stereocenters. The van der Waals surface area contributed by atoms with Gasteiger partial charge in [0.25, 0.3) is 0 Å². The number of unbranched alkanes of at least 4 members (excludes halogenated alkanes) is 4. The molecule has 0 aliphatic rings. The van der Waals surface area contributed by atoms with Gasteiger partial charge in [-0.15, -0.1) is 0 Å². The van der Waals surface area contributed by atoms with E-state index in [1.807, 2.05) is 0 Å². The number of aliphatic carboxylic acids is 3. The van der Waals surface area contributed by atoms with Crippen molar-refractivity contribution in [3.05, 3.63) is 0 Å². The Kier molecular flexibility index (Phi) is 10.5. The van der Waals surface area contributed by atoms with E-state index in [2.05, 4.69) is 6.92 Å². The van der Waals surface area contributed by atoms with Gasteiger partial charge in [0.05, 0.1) is 12.3 Å². The third kappa shape index (κ3) is 8.80. The van der Waals surface area contributed by atoms with E-state index in [1.165, 1.54) is 0 Å². The lowest BCUT2D eigenvalue weighted by molar-refractivity contribution is -0.176. The maximum Gasteiger partial charge on any atom is 0.310 e. The van der Waals surface area contributed by atoms with Gasteiger partial charge in [0.15, 0.2) is 0 Å². The van der Waals surface area contributed by atoms with Gasteiger partial charge < -0.3 is 25.2 Å². The molecule has 0 fully saturated rings. The van der Waals surface area contributed by atoms with Crippen LogP contribution in [0.4, 0.5) is 0 Å². The number of rotatable bonds is 14. The van der Waals surface area contributed by atoms with E-state index in [0.717, 1.165) is 32.6 Å². The Morgan fingerprint density at radius 1 is 0.962 bits per heavy atom. The molecule has 0 aliphatic heterocycles. The Morgan fingerprint density at radius 2 is 1.54 bits per heavy atom. The first-order valence-corrected chi connectivity index (χ1v) is 8.58. The highest BCUT2D eigenvalue weighted by Gasteiger charge is 2.48. The highest BCUT2D eigenvalue weighted by Crippen LogP contribution is 2.29. The maximum absolute atomic E-state index is 11.7. The monoisotopic (exact) mass is 376 g/mol. The predicted molar refractivity (Wildman–Crippen MR) is 89.5 cm³/mol. The lowest BCUT2D eigenvalue weighted by atomic mass is 9.78. The largest absolute Gasteiger partial charge is 0.481 e. The second-order valence-electron chi connectivity index (χ2n) is 6.54. The maximum atomic E-state index is 11.7. The van der Waals surface area contributed by atoms with Crippen LogP contribution in [0.1, 0.15) is 58.8 Å². The summed E-state index contributed by atoms with van der Waals surface area (Å²) in [6.07, 6.45) is 3.67. The highest BCUT2D eigenvalue weighted by molar-refractivity contribution is 5.84. The number of aliphatic hydroxyl groups is 1. The van der Waals surface area contributed by atoms with E-state index < -0.39 is 54.3 Å². The Balaban J connectivity index is 4.84. The molecule has 9 heteroatoms. The van der Waals surface area contributed by atoms with Crippen molar-refractivity contribution >= 4 is 23.9 Å². The highest BCUT2D eigenvalue weighted by atomic mass is 16.5. The number of carbonyl (C=O) groups is 4. The van der Waals surface area contributed by atoms with Crippen molar-refractivity contribution in [2.45, 2.75) is 64.4 Å². The molecule has 0 saturated carbocycles. The van der Waals surface area contributed by atoms with Crippen LogP contribution in [0.25, 0.3) is 0 Å². The molecule has 0 aromatic carbocycles. The zero-order valence-electron chi connectivity index (χ0n) is 15.1. The molecule has 0 aromatic heterocycles. The van der Waals surface area contributed by atoms with Gasteiger partial charge in [-0.2, -0.15) is 0 Å². The van der Waals surface area contributed by atoms with Crippen LogP contribution >= 0.6 is 0 Å². The van der Waals surface area contributed by atoms with E-state index >= 15 is 0 Å². The first kappa shape index (κ1) is 23.8. The smallest absolute Gasteiger partial charge is 0.310 e. The van der Waals surface area contributed by atoms with Crippen molar-refractivity contribution in [2.75, 3.05) is 6.61 Å². The quantitative estimate of drug-likeness (QED) is 0.260. The van der Waals surface area contributed by atoms with Crippen LogP contribution in [0.2, 0.25) is 0 Å². The van der Waals surface area contributed by atoms with E-state index in [0.29, 0.717) is 6.42 Å². The molecule has 0 spiro atoms. The fraction of sp³-hybridized carbons (Fsp3) is 0.765. The average Bonchev–Trinajstić information content (AvgIpc) is 2.51. The minimum Gasteiger partial charge on any atom is -0.481 e. The summed E-state index contributed by atoms with van der Waals surface area (Å²) in [7, 11) is 0. The van der Waals surface area contributed by atoms with Crippen LogP contribution in [0.5, 0.6) is 0 Å². The van der Waals surface area contributed by atoms with Gasteiger partial charge in [0.1, 0.15) is 18.1 Å². The van der Waals surface area contributed by atoms with Crippen LogP contribution in [-0.2, 0) is 23.9 Å². The molecule has 0 rings (SSSR count). The van der Waals surface area contributed by atoms with E-state index in [4.69, 9.17) is 14.9 Å². The average molecular weight is 376 g/mol. The van der Waals surface area contributed by atoms with Crippen molar-refractivity contribution in [1.29, 1.82) is 0 Å². The summed E-state index contributed by atoms with van der Waals surface area (Å²) in [5.74, 6) is -9.30. The SMILES string of the molecule is CCCCCCCC(=O)OCC(C)(O)C(C(=O)O)C(CC(=O)O)C(=O)O. The lowest BCUT2D eigenvalue weighted by Crippen LogP contribution is -2.50. The van der Waals surface area contributed by atoms with Crippen LogP contribution in [0.3, 0.4) is 0 Å². The fourth-order valence-electron chi connectivity index (χ4n) is 2.67. The van der Waals surface area contributed by atoms with Crippen molar-refractivity contribution in [2.24, 2.45) is 11.8 Å². The van der Waals surface area contributed by atoms with Gasteiger partial charge in [-0.1, -0.05) is 32.6 Å². The van der Waals surface area contributed by atoms with Crippen molar-refractivity contribution in [3.63, 3.8) is 0 Å². The standard InChI is InChI=1S/C17H28O9/c1-3-4-5-6-7-8-13(20)26-10-17(2,25)14(16(23)24)11(15(21)22)9-12(18)19/h11,14,25H,3-10H2,1-2H3,(H,18,19)(H,21,22)(H,23,24). The number of ether oxygens (including phenoxy) is 1. The molecule has 9 nitrogen and oxygen atoms in total. The van der Waals surface area contributed by atoms with Crippen LogP contribution in [-0.4, -0.2) is 56.5 Å². The molecular formula is C17H28O9. The summed E-state index contributed by atoms with van der Waals surface area (Å²) in [6.45, 7) is 2.34. The molecule has 26 heavy (non-hydrogen) atoms. The Hall–Kier alpha value is -2.16. The number of carboxylic acid groups (broad SMARTS) is 3. The third-order valence-corrected chi connectivity index (χ3v) is 4.06. The molecule has 3 unspecified atom stereocenters. The van der Waals surface area contributed by atoms with Crippen molar-refractivity contribution in [3.8, 4) is 0 Å². The van der Waals surface area contributed by atoms with Gasteiger partial charge in [-0.3, -0.25) is 19.2 Å². The van der Waals surface area contributed by atoms with Gasteiger partial charge in [-0.25, -0.2) is 0 Å². The molecule has 0 heterocycles. The number of esters is 1. The first-order valence-electron chi connectivity index (χ1n) is 8.58. The van der Waals surface area contributed by atoms with Crippen LogP contribution in [0.15, 0.2) is 0 Å². The van der Waals surface area contributed by atoms with Gasteiger partial charge >= 0.3 is 23.9 Å². The summed E-state index contributed by atoms with van der Waals surface area (Å²) in [4.78, 5) is 45.2.